The van der Waals surface area contributed by atoms with Crippen LogP contribution in [0.1, 0.15) is 17.0 Å². The van der Waals surface area contributed by atoms with Gasteiger partial charge in [0, 0.05) is 18.3 Å². The topological polar surface area (TPSA) is 93.4 Å². The summed E-state index contributed by atoms with van der Waals surface area (Å²) in [6, 6.07) is -1.03. The molecule has 1 aromatic rings. The van der Waals surface area contributed by atoms with Gasteiger partial charge >= 0.3 is 5.97 Å². The van der Waals surface area contributed by atoms with E-state index in [4.69, 9.17) is 5.11 Å². The fourth-order valence-electron chi connectivity index (χ4n) is 1.80. The maximum Gasteiger partial charge on any atom is 0.330 e. The standard InChI is InChI=1S/C12H19N3O4/c1-7-9(8(2)15(3)14-7)5-11(17)13-10(6-16)12(18)19-4/h10,16H,5-6H2,1-4H3,(H,13,17). The Morgan fingerprint density at radius 2 is 2.11 bits per heavy atom. The molecule has 2 N–H and O–H groups in total. The minimum Gasteiger partial charge on any atom is -0.467 e. The molecule has 0 fully saturated rings. The summed E-state index contributed by atoms with van der Waals surface area (Å²) in [5.74, 6) is -1.03. The van der Waals surface area contributed by atoms with Crippen LogP contribution in [0.15, 0.2) is 0 Å². The zero-order chi connectivity index (χ0) is 14.6. The van der Waals surface area contributed by atoms with Crippen LogP contribution in [0.4, 0.5) is 0 Å². The number of carbonyl (C=O) groups is 2. The van der Waals surface area contributed by atoms with Gasteiger partial charge in [0.05, 0.1) is 25.8 Å². The first-order chi connectivity index (χ1) is 8.90. The van der Waals surface area contributed by atoms with E-state index in [0.717, 1.165) is 17.0 Å². The van der Waals surface area contributed by atoms with Crippen molar-refractivity contribution < 1.29 is 19.4 Å². The van der Waals surface area contributed by atoms with E-state index in [9.17, 15) is 9.59 Å². The normalized spacial score (nSPS) is 12.1. The number of aliphatic hydroxyl groups is 1. The minimum absolute atomic E-state index is 0.110. The summed E-state index contributed by atoms with van der Waals surface area (Å²) in [7, 11) is 3.00. The molecule has 0 aliphatic carbocycles. The summed E-state index contributed by atoms with van der Waals surface area (Å²) in [5.41, 5.74) is 2.49. The highest BCUT2D eigenvalue weighted by Gasteiger charge is 2.21. The highest BCUT2D eigenvalue weighted by atomic mass is 16.5. The summed E-state index contributed by atoms with van der Waals surface area (Å²) in [5, 5.41) is 15.7. The molecule has 0 radical (unpaired) electrons. The second-order valence-corrected chi connectivity index (χ2v) is 4.28. The number of rotatable bonds is 5. The van der Waals surface area contributed by atoms with Crippen LogP contribution in [0.3, 0.4) is 0 Å². The van der Waals surface area contributed by atoms with Gasteiger partial charge < -0.3 is 15.2 Å². The second-order valence-electron chi connectivity index (χ2n) is 4.28. The molecule has 0 spiro atoms. The second kappa shape index (κ2) is 6.33. The van der Waals surface area contributed by atoms with Crippen molar-refractivity contribution in [3.8, 4) is 0 Å². The van der Waals surface area contributed by atoms with Crippen molar-refractivity contribution in [3.05, 3.63) is 17.0 Å². The van der Waals surface area contributed by atoms with Gasteiger partial charge in [-0.15, -0.1) is 0 Å². The molecule has 1 rings (SSSR count). The van der Waals surface area contributed by atoms with Crippen molar-refractivity contribution in [1.82, 2.24) is 15.1 Å². The summed E-state index contributed by atoms with van der Waals surface area (Å²) in [6.07, 6.45) is 0.110. The van der Waals surface area contributed by atoms with E-state index in [-0.39, 0.29) is 12.3 Å². The Morgan fingerprint density at radius 3 is 2.53 bits per heavy atom. The first-order valence-corrected chi connectivity index (χ1v) is 5.87. The molecule has 0 aromatic carbocycles. The van der Waals surface area contributed by atoms with Crippen LogP contribution in [-0.4, -0.2) is 46.5 Å². The van der Waals surface area contributed by atoms with E-state index in [1.165, 1.54) is 7.11 Å². The molecule has 19 heavy (non-hydrogen) atoms. The van der Waals surface area contributed by atoms with Gasteiger partial charge in [-0.05, 0) is 13.8 Å². The van der Waals surface area contributed by atoms with Crippen molar-refractivity contribution in [3.63, 3.8) is 0 Å². The number of aryl methyl sites for hydroxylation is 2. The van der Waals surface area contributed by atoms with Crippen LogP contribution >= 0.6 is 0 Å². The summed E-state index contributed by atoms with van der Waals surface area (Å²) in [4.78, 5) is 23.1. The number of nitrogens with one attached hydrogen (secondary N) is 1. The smallest absolute Gasteiger partial charge is 0.330 e. The number of amides is 1. The van der Waals surface area contributed by atoms with Crippen molar-refractivity contribution in [1.29, 1.82) is 0 Å². The Labute approximate surface area is 111 Å². The predicted molar refractivity (Wildman–Crippen MR) is 67.4 cm³/mol. The minimum atomic E-state index is -1.03. The molecule has 0 bridgehead atoms. The fourth-order valence-corrected chi connectivity index (χ4v) is 1.80. The highest BCUT2D eigenvalue weighted by molar-refractivity contribution is 5.85. The van der Waals surface area contributed by atoms with Crippen molar-refractivity contribution in [2.24, 2.45) is 7.05 Å². The van der Waals surface area contributed by atoms with E-state index in [1.807, 2.05) is 13.8 Å². The maximum absolute atomic E-state index is 11.8. The quantitative estimate of drug-likeness (QED) is 0.685. The molecule has 0 aliphatic heterocycles. The SMILES string of the molecule is COC(=O)C(CO)NC(=O)Cc1c(C)nn(C)c1C. The molecule has 0 aliphatic rings. The average Bonchev–Trinajstić information content (AvgIpc) is 2.61. The molecule has 7 nitrogen and oxygen atoms in total. The fraction of sp³-hybridized carbons (Fsp3) is 0.583. The maximum atomic E-state index is 11.8. The molecule has 0 saturated heterocycles. The molecule has 1 unspecified atom stereocenters. The van der Waals surface area contributed by atoms with Gasteiger partial charge in [0.2, 0.25) is 5.91 Å². The zero-order valence-electron chi connectivity index (χ0n) is 11.6. The molecular formula is C12H19N3O4. The van der Waals surface area contributed by atoms with Crippen LogP contribution in [0.2, 0.25) is 0 Å². The molecule has 1 heterocycles. The van der Waals surface area contributed by atoms with Gasteiger partial charge in [-0.25, -0.2) is 4.79 Å². The van der Waals surface area contributed by atoms with Crippen molar-refractivity contribution in [2.75, 3.05) is 13.7 Å². The Bertz CT molecular complexity index is 482. The average molecular weight is 269 g/mol. The molecule has 1 atom stereocenters. The number of aromatic nitrogens is 2. The van der Waals surface area contributed by atoms with Crippen LogP contribution in [0.5, 0.6) is 0 Å². The number of hydrogen-bond acceptors (Lipinski definition) is 5. The summed E-state index contributed by atoms with van der Waals surface area (Å²) >= 11 is 0. The lowest BCUT2D eigenvalue weighted by Crippen LogP contribution is -2.44. The Balaban J connectivity index is 2.72. The lowest BCUT2D eigenvalue weighted by molar-refractivity contribution is -0.146. The number of methoxy groups -OCH3 is 1. The van der Waals surface area contributed by atoms with Gasteiger partial charge in [0.1, 0.15) is 0 Å². The van der Waals surface area contributed by atoms with E-state index >= 15 is 0 Å². The third-order valence-electron chi connectivity index (χ3n) is 3.00. The number of aliphatic hydroxyl groups excluding tert-OH is 1. The van der Waals surface area contributed by atoms with Gasteiger partial charge in [0.15, 0.2) is 6.04 Å². The first-order valence-electron chi connectivity index (χ1n) is 5.87. The molecular weight excluding hydrogens is 250 g/mol. The van der Waals surface area contributed by atoms with Crippen LogP contribution in [-0.2, 0) is 27.8 Å². The number of carbonyl (C=O) groups excluding carboxylic acids is 2. The van der Waals surface area contributed by atoms with Crippen LogP contribution < -0.4 is 5.32 Å². The Hall–Kier alpha value is -1.89. The number of nitrogens with zero attached hydrogens (tertiary/aromatic N) is 2. The third kappa shape index (κ3) is 3.54. The van der Waals surface area contributed by atoms with E-state index in [0.29, 0.717) is 0 Å². The summed E-state index contributed by atoms with van der Waals surface area (Å²) < 4.78 is 6.17. The molecule has 1 aromatic heterocycles. The van der Waals surface area contributed by atoms with Gasteiger partial charge in [-0.1, -0.05) is 0 Å². The van der Waals surface area contributed by atoms with Crippen LogP contribution in [0.25, 0.3) is 0 Å². The van der Waals surface area contributed by atoms with Crippen LogP contribution in [0, 0.1) is 13.8 Å². The van der Waals surface area contributed by atoms with Gasteiger partial charge in [0.25, 0.3) is 0 Å². The third-order valence-corrected chi connectivity index (χ3v) is 3.00. The zero-order valence-corrected chi connectivity index (χ0v) is 11.6. The number of esters is 1. The Kier molecular flexibility index (Phi) is 5.05. The van der Waals surface area contributed by atoms with E-state index in [1.54, 1.807) is 11.7 Å². The molecule has 1 amide bonds. The largest absolute Gasteiger partial charge is 0.467 e. The number of hydrogen-bond donors (Lipinski definition) is 2. The number of ether oxygens (including phenoxy) is 1. The van der Waals surface area contributed by atoms with Crippen molar-refractivity contribution >= 4 is 11.9 Å². The predicted octanol–water partition coefficient (Wildman–Crippen LogP) is -0.770. The first kappa shape index (κ1) is 15.2. The van der Waals surface area contributed by atoms with E-state index < -0.39 is 18.6 Å². The highest BCUT2D eigenvalue weighted by Crippen LogP contribution is 2.12. The van der Waals surface area contributed by atoms with Gasteiger partial charge in [-0.3, -0.25) is 9.48 Å². The van der Waals surface area contributed by atoms with Crippen molar-refractivity contribution in [2.45, 2.75) is 26.3 Å². The molecule has 106 valence electrons. The lowest BCUT2D eigenvalue weighted by Gasteiger charge is -2.13. The lowest BCUT2D eigenvalue weighted by atomic mass is 10.1. The van der Waals surface area contributed by atoms with E-state index in [2.05, 4.69) is 15.2 Å². The summed E-state index contributed by atoms with van der Waals surface area (Å²) in [6.45, 7) is 3.19. The van der Waals surface area contributed by atoms with Gasteiger partial charge in [-0.2, -0.15) is 5.10 Å². The Morgan fingerprint density at radius 1 is 1.47 bits per heavy atom. The molecule has 7 heteroatoms. The molecule has 0 saturated carbocycles. The monoisotopic (exact) mass is 269 g/mol.